The molecule has 2 aromatic carbocycles. The molecule has 1 amide bonds. The number of benzene rings is 2. The molecule has 0 bridgehead atoms. The number of fused-ring (bicyclic) bond motifs is 1. The molecule has 2 unspecified atom stereocenters. The van der Waals surface area contributed by atoms with Gasteiger partial charge in [-0.1, -0.05) is 66.7 Å². The lowest BCUT2D eigenvalue weighted by atomic mass is 9.96. The number of carbonyl (C=O) groups excluding carboxylic acids is 1. The number of carbonyl (C=O) groups is 2. The summed E-state index contributed by atoms with van der Waals surface area (Å²) in [6.45, 7) is 0. The lowest BCUT2D eigenvalue weighted by Gasteiger charge is -2.33. The average molecular weight is 535 g/mol. The Balaban J connectivity index is 1.51. The number of hydrogen-bond acceptors (Lipinski definition) is 6. The molecule has 0 radical (unpaired) electrons. The fraction of sp³-hybridized carbons (Fsp3) is 0.111. The predicted octanol–water partition coefficient (Wildman–Crippen LogP) is 4.71. The molecular formula is C27H22N2O6S2. The lowest BCUT2D eigenvalue weighted by molar-refractivity contribution is -0.139. The van der Waals surface area contributed by atoms with Crippen molar-refractivity contribution in [2.75, 3.05) is 0 Å². The van der Waals surface area contributed by atoms with Crippen LogP contribution >= 0.6 is 11.3 Å². The monoisotopic (exact) mass is 534 g/mol. The Morgan fingerprint density at radius 2 is 1.78 bits per heavy atom. The zero-order valence-corrected chi connectivity index (χ0v) is 21.0. The van der Waals surface area contributed by atoms with Gasteiger partial charge in [0.05, 0.1) is 0 Å². The minimum absolute atomic E-state index is 0.0601. The van der Waals surface area contributed by atoms with Crippen LogP contribution in [0.4, 0.5) is 0 Å². The van der Waals surface area contributed by atoms with Crippen molar-refractivity contribution < 1.29 is 27.5 Å². The molecule has 0 aliphatic heterocycles. The summed E-state index contributed by atoms with van der Waals surface area (Å²) in [5.74, 6) is -2.16. The molecule has 37 heavy (non-hydrogen) atoms. The van der Waals surface area contributed by atoms with Crippen molar-refractivity contribution in [3.8, 4) is 0 Å². The molecule has 10 heteroatoms. The Morgan fingerprint density at radius 1 is 1.03 bits per heavy atom. The average Bonchev–Trinajstić information content (AvgIpc) is 3.58. The standard InChI is InChI=1S/C27H22N2O6S2/c30-25(22-17-20-9-4-5-10-21(20)35-22)28-27(14-12-19(13-15-27)18-7-2-1-3-8-18)37(33,34)29-24(26(31)32)23-11-6-16-36-23/h1-14,16-17,24,29H,15H2,(H,28,30)(H,31,32). The van der Waals surface area contributed by atoms with Gasteiger partial charge in [-0.25, -0.2) is 8.42 Å². The topological polar surface area (TPSA) is 126 Å². The van der Waals surface area contributed by atoms with Crippen molar-refractivity contribution in [1.82, 2.24) is 10.0 Å². The normalized spacial score (nSPS) is 18.3. The summed E-state index contributed by atoms with van der Waals surface area (Å²) in [5, 5.41) is 14.7. The van der Waals surface area contributed by atoms with Crippen LogP contribution in [0, 0.1) is 0 Å². The second kappa shape index (κ2) is 9.81. The number of rotatable bonds is 8. The minimum Gasteiger partial charge on any atom is -0.480 e. The van der Waals surface area contributed by atoms with Crippen LogP contribution in [0.1, 0.15) is 33.5 Å². The van der Waals surface area contributed by atoms with Crippen LogP contribution in [0.2, 0.25) is 0 Å². The van der Waals surface area contributed by atoms with Gasteiger partial charge in [-0.3, -0.25) is 9.59 Å². The highest BCUT2D eigenvalue weighted by atomic mass is 32.2. The van der Waals surface area contributed by atoms with Gasteiger partial charge < -0.3 is 14.8 Å². The minimum atomic E-state index is -4.48. The summed E-state index contributed by atoms with van der Waals surface area (Å²) in [7, 11) is -4.48. The highest BCUT2D eigenvalue weighted by Crippen LogP contribution is 2.33. The van der Waals surface area contributed by atoms with Gasteiger partial charge in [0.25, 0.3) is 5.91 Å². The Labute approximate surface area is 217 Å². The fourth-order valence-corrected chi connectivity index (χ4v) is 6.49. The first-order chi connectivity index (χ1) is 17.8. The van der Waals surface area contributed by atoms with E-state index in [1.807, 2.05) is 30.3 Å². The van der Waals surface area contributed by atoms with Crippen molar-refractivity contribution >= 4 is 49.8 Å². The van der Waals surface area contributed by atoms with E-state index >= 15 is 0 Å². The van der Waals surface area contributed by atoms with Crippen LogP contribution in [-0.4, -0.2) is 30.3 Å². The number of allylic oxidation sites excluding steroid dienone is 2. The van der Waals surface area contributed by atoms with E-state index in [9.17, 15) is 23.1 Å². The van der Waals surface area contributed by atoms with E-state index < -0.39 is 32.8 Å². The molecule has 1 aliphatic carbocycles. The first kappa shape index (κ1) is 24.7. The van der Waals surface area contributed by atoms with Gasteiger partial charge in [0, 0.05) is 16.7 Å². The molecule has 0 spiro atoms. The van der Waals surface area contributed by atoms with E-state index in [4.69, 9.17) is 4.42 Å². The molecule has 3 N–H and O–H groups in total. The Kier molecular flexibility index (Phi) is 6.55. The SMILES string of the molecule is O=C(NC1(S(=O)(=O)NC(C(=O)O)c2cccs2)C=CC(c2ccccc2)=CC1)c1cc2ccccc2o1. The second-order valence-corrected chi connectivity index (χ2v) is 11.4. The Hall–Kier alpha value is -3.99. The third kappa shape index (κ3) is 4.86. The summed E-state index contributed by atoms with van der Waals surface area (Å²) in [6, 6.07) is 19.6. The van der Waals surface area contributed by atoms with Crippen LogP contribution in [0.5, 0.6) is 0 Å². The number of hydrogen-bond donors (Lipinski definition) is 3. The first-order valence-corrected chi connectivity index (χ1v) is 13.7. The number of sulfonamides is 1. The molecular weight excluding hydrogens is 512 g/mol. The third-order valence-corrected chi connectivity index (χ3v) is 8.91. The number of nitrogens with one attached hydrogen (secondary N) is 2. The summed E-state index contributed by atoms with van der Waals surface area (Å²) >= 11 is 1.12. The first-order valence-electron chi connectivity index (χ1n) is 11.3. The maximum atomic E-state index is 13.8. The van der Waals surface area contributed by atoms with Crippen LogP contribution in [0.15, 0.2) is 101 Å². The Morgan fingerprint density at radius 3 is 2.43 bits per heavy atom. The third-order valence-electron chi connectivity index (χ3n) is 6.07. The number of aliphatic carboxylic acids is 1. The summed E-state index contributed by atoms with van der Waals surface area (Å²) in [4.78, 5) is 23.6. The molecule has 2 atom stereocenters. The van der Waals surface area contributed by atoms with Gasteiger partial charge in [-0.05, 0) is 40.8 Å². The fourth-order valence-electron chi connectivity index (χ4n) is 4.12. The quantitative estimate of drug-likeness (QED) is 0.301. The molecule has 5 rings (SSSR count). The molecule has 0 saturated carbocycles. The van der Waals surface area contributed by atoms with E-state index in [2.05, 4.69) is 10.0 Å². The van der Waals surface area contributed by atoms with Crippen LogP contribution < -0.4 is 10.0 Å². The van der Waals surface area contributed by atoms with Crippen molar-refractivity contribution in [2.24, 2.45) is 0 Å². The van der Waals surface area contributed by atoms with Crippen molar-refractivity contribution in [3.05, 3.63) is 113 Å². The van der Waals surface area contributed by atoms with Crippen LogP contribution in [0.3, 0.4) is 0 Å². The number of carboxylic acid groups (broad SMARTS) is 1. The highest BCUT2D eigenvalue weighted by molar-refractivity contribution is 7.91. The smallest absolute Gasteiger partial charge is 0.327 e. The maximum Gasteiger partial charge on any atom is 0.327 e. The molecule has 188 valence electrons. The Bertz CT molecular complexity index is 1590. The zero-order chi connectivity index (χ0) is 26.0. The van der Waals surface area contributed by atoms with E-state index in [-0.39, 0.29) is 12.2 Å². The van der Waals surface area contributed by atoms with Gasteiger partial charge in [-0.2, -0.15) is 4.72 Å². The number of para-hydroxylation sites is 1. The summed E-state index contributed by atoms with van der Waals surface area (Å²) in [5.41, 5.74) is 2.14. The van der Waals surface area contributed by atoms with Gasteiger partial charge >= 0.3 is 5.97 Å². The van der Waals surface area contributed by atoms with Gasteiger partial charge in [0.2, 0.25) is 10.0 Å². The van der Waals surface area contributed by atoms with Gasteiger partial charge in [0.15, 0.2) is 16.7 Å². The summed E-state index contributed by atoms with van der Waals surface area (Å²) in [6.07, 6.45) is 4.56. The van der Waals surface area contributed by atoms with Crippen molar-refractivity contribution in [1.29, 1.82) is 0 Å². The number of furan rings is 1. The van der Waals surface area contributed by atoms with Gasteiger partial charge in [-0.15, -0.1) is 11.3 Å². The van der Waals surface area contributed by atoms with Gasteiger partial charge in [0.1, 0.15) is 5.58 Å². The van der Waals surface area contributed by atoms with E-state index in [0.717, 1.165) is 22.5 Å². The van der Waals surface area contributed by atoms with E-state index in [1.54, 1.807) is 47.9 Å². The van der Waals surface area contributed by atoms with Crippen molar-refractivity contribution in [2.45, 2.75) is 17.3 Å². The van der Waals surface area contributed by atoms with Crippen LogP contribution in [-0.2, 0) is 14.8 Å². The molecule has 1 aliphatic rings. The molecule has 8 nitrogen and oxygen atoms in total. The number of carboxylic acids is 1. The number of thiophene rings is 1. The van der Waals surface area contributed by atoms with Crippen LogP contribution in [0.25, 0.3) is 16.5 Å². The van der Waals surface area contributed by atoms with E-state index in [1.165, 1.54) is 18.2 Å². The molecule has 0 saturated heterocycles. The number of amides is 1. The molecule has 2 aromatic heterocycles. The molecule has 2 heterocycles. The summed E-state index contributed by atoms with van der Waals surface area (Å²) < 4.78 is 35.5. The highest BCUT2D eigenvalue weighted by Gasteiger charge is 2.46. The lowest BCUT2D eigenvalue weighted by Crippen LogP contribution is -2.58. The zero-order valence-electron chi connectivity index (χ0n) is 19.3. The predicted molar refractivity (Wildman–Crippen MR) is 141 cm³/mol. The second-order valence-electron chi connectivity index (χ2n) is 8.46. The van der Waals surface area contributed by atoms with Crippen molar-refractivity contribution in [3.63, 3.8) is 0 Å². The largest absolute Gasteiger partial charge is 0.480 e. The molecule has 4 aromatic rings. The van der Waals surface area contributed by atoms with E-state index in [0.29, 0.717) is 15.8 Å². The molecule has 0 fully saturated rings. The maximum absolute atomic E-state index is 13.8.